The molecule has 5 rings (SSSR count). The largest absolute Gasteiger partial charge is 0.493 e. The van der Waals surface area contributed by atoms with E-state index in [9.17, 15) is 14.0 Å². The number of carbonyl (C=O) groups is 1. The second-order valence-corrected chi connectivity index (χ2v) is 12.4. The van der Waals surface area contributed by atoms with Gasteiger partial charge in [0.15, 0.2) is 16.3 Å². The van der Waals surface area contributed by atoms with E-state index in [1.165, 1.54) is 24.5 Å². The van der Waals surface area contributed by atoms with Crippen LogP contribution in [0.2, 0.25) is 0 Å². The van der Waals surface area contributed by atoms with Crippen molar-refractivity contribution in [1.82, 2.24) is 4.57 Å². The fraction of sp³-hybridized carbons (Fsp3) is 0.265. The predicted molar refractivity (Wildman–Crippen MR) is 172 cm³/mol. The monoisotopic (exact) mass is 678 g/mol. The highest BCUT2D eigenvalue weighted by atomic mass is 79.9. The number of hydrogen-bond donors (Lipinski definition) is 0. The lowest BCUT2D eigenvalue weighted by Crippen LogP contribution is -2.39. The van der Waals surface area contributed by atoms with Gasteiger partial charge in [0.25, 0.3) is 5.56 Å². The number of allylic oxidation sites excluding steroid dienone is 1. The third kappa shape index (κ3) is 6.27. The number of thiazole rings is 1. The van der Waals surface area contributed by atoms with Crippen LogP contribution in [0.25, 0.3) is 6.08 Å². The zero-order valence-electron chi connectivity index (χ0n) is 25.0. The lowest BCUT2D eigenvalue weighted by Gasteiger charge is -2.25. The van der Waals surface area contributed by atoms with Crippen LogP contribution in [0.3, 0.4) is 0 Å². The van der Waals surface area contributed by atoms with Gasteiger partial charge in [0.1, 0.15) is 12.4 Å². The molecule has 0 radical (unpaired) electrons. The van der Waals surface area contributed by atoms with Crippen LogP contribution >= 0.6 is 27.3 Å². The Kier molecular flexibility index (Phi) is 9.51. The van der Waals surface area contributed by atoms with Gasteiger partial charge >= 0.3 is 5.97 Å². The summed E-state index contributed by atoms with van der Waals surface area (Å²) in [5.74, 6) is 0.304. The highest BCUT2D eigenvalue weighted by molar-refractivity contribution is 9.10. The number of esters is 1. The Morgan fingerprint density at radius 3 is 2.55 bits per heavy atom. The smallest absolute Gasteiger partial charge is 0.338 e. The van der Waals surface area contributed by atoms with E-state index in [0.717, 1.165) is 11.1 Å². The summed E-state index contributed by atoms with van der Waals surface area (Å²) >= 11 is 4.79. The maximum atomic E-state index is 14.1. The SMILES string of the molecule is CCOC(=O)C1=C(C)N=c2s/c(=C/c3cc(Br)c(OCc4ccccc4F)c(OC)c3)c(=O)n2C1c1ccc(C(C)C)cc1. The minimum Gasteiger partial charge on any atom is -0.493 e. The number of carbonyl (C=O) groups excluding carboxylic acids is 1. The Labute approximate surface area is 267 Å². The van der Waals surface area contributed by atoms with Crippen LogP contribution in [0.4, 0.5) is 4.39 Å². The first kappa shape index (κ1) is 31.4. The molecular weight excluding hydrogens is 647 g/mol. The van der Waals surface area contributed by atoms with Crippen molar-refractivity contribution in [3.05, 3.63) is 124 Å². The lowest BCUT2D eigenvalue weighted by atomic mass is 9.93. The molecule has 1 aromatic heterocycles. The average molecular weight is 680 g/mol. The van der Waals surface area contributed by atoms with Gasteiger partial charge in [-0.25, -0.2) is 14.2 Å². The van der Waals surface area contributed by atoms with Gasteiger partial charge < -0.3 is 14.2 Å². The third-order valence-electron chi connectivity index (χ3n) is 7.32. The zero-order valence-corrected chi connectivity index (χ0v) is 27.4. The van der Waals surface area contributed by atoms with E-state index in [1.807, 2.05) is 24.3 Å². The van der Waals surface area contributed by atoms with E-state index in [2.05, 4.69) is 34.8 Å². The first-order valence-electron chi connectivity index (χ1n) is 14.2. The van der Waals surface area contributed by atoms with Gasteiger partial charge in [0.05, 0.1) is 40.0 Å². The average Bonchev–Trinajstić information content (AvgIpc) is 3.30. The molecule has 1 unspecified atom stereocenters. The molecule has 0 amide bonds. The van der Waals surface area contributed by atoms with E-state index >= 15 is 0 Å². The third-order valence-corrected chi connectivity index (χ3v) is 8.89. The highest BCUT2D eigenvalue weighted by Crippen LogP contribution is 2.38. The number of methoxy groups -OCH3 is 1. The Hall–Kier alpha value is -4.02. The summed E-state index contributed by atoms with van der Waals surface area (Å²) in [5, 5.41) is 0. The maximum Gasteiger partial charge on any atom is 0.338 e. The molecule has 1 aliphatic heterocycles. The molecule has 10 heteroatoms. The first-order chi connectivity index (χ1) is 21.1. The molecule has 0 aliphatic carbocycles. The minimum absolute atomic E-state index is 0.0138. The van der Waals surface area contributed by atoms with Crippen LogP contribution in [0.5, 0.6) is 11.5 Å². The molecule has 0 fully saturated rings. The van der Waals surface area contributed by atoms with E-state index in [1.54, 1.807) is 54.8 Å². The molecular formula is C34H32BrFN2O5S. The topological polar surface area (TPSA) is 79.1 Å². The summed E-state index contributed by atoms with van der Waals surface area (Å²) < 4.78 is 33.6. The quantitative estimate of drug-likeness (QED) is 0.191. The number of rotatable bonds is 9. The Morgan fingerprint density at radius 2 is 1.89 bits per heavy atom. The highest BCUT2D eigenvalue weighted by Gasteiger charge is 2.33. The molecule has 1 aliphatic rings. The fourth-order valence-electron chi connectivity index (χ4n) is 5.05. The molecule has 44 heavy (non-hydrogen) atoms. The minimum atomic E-state index is -0.691. The number of fused-ring (bicyclic) bond motifs is 1. The summed E-state index contributed by atoms with van der Waals surface area (Å²) in [7, 11) is 1.51. The normalized spacial score (nSPS) is 14.8. The summed E-state index contributed by atoms with van der Waals surface area (Å²) in [4.78, 5) is 32.3. The van der Waals surface area contributed by atoms with Gasteiger partial charge in [-0.05, 0) is 76.7 Å². The number of hydrogen-bond acceptors (Lipinski definition) is 7. The lowest BCUT2D eigenvalue weighted by molar-refractivity contribution is -0.139. The van der Waals surface area contributed by atoms with Crippen molar-refractivity contribution in [3.8, 4) is 11.5 Å². The van der Waals surface area contributed by atoms with E-state index in [0.29, 0.717) is 53.6 Å². The van der Waals surface area contributed by atoms with Crippen molar-refractivity contribution in [2.45, 2.75) is 46.3 Å². The van der Waals surface area contributed by atoms with Gasteiger partial charge in [0.2, 0.25) is 0 Å². The van der Waals surface area contributed by atoms with E-state index in [4.69, 9.17) is 14.2 Å². The van der Waals surface area contributed by atoms with Crippen molar-refractivity contribution in [1.29, 1.82) is 0 Å². The molecule has 0 N–H and O–H groups in total. The van der Waals surface area contributed by atoms with Gasteiger partial charge in [-0.15, -0.1) is 0 Å². The number of aromatic nitrogens is 1. The maximum absolute atomic E-state index is 14.1. The van der Waals surface area contributed by atoms with Gasteiger partial charge in [-0.2, -0.15) is 0 Å². The number of benzene rings is 3. The molecule has 2 heterocycles. The van der Waals surface area contributed by atoms with Gasteiger partial charge in [-0.1, -0.05) is 67.6 Å². The summed E-state index contributed by atoms with van der Waals surface area (Å²) in [6.07, 6.45) is 1.75. The second-order valence-electron chi connectivity index (χ2n) is 10.5. The van der Waals surface area contributed by atoms with Crippen LogP contribution in [0, 0.1) is 5.82 Å². The molecule has 228 valence electrons. The molecule has 1 atom stereocenters. The zero-order chi connectivity index (χ0) is 31.5. The molecule has 4 aromatic rings. The Balaban J connectivity index is 1.58. The van der Waals surface area contributed by atoms with Gasteiger partial charge in [0, 0.05) is 5.56 Å². The number of halogens is 2. The van der Waals surface area contributed by atoms with Crippen molar-refractivity contribution >= 4 is 39.3 Å². The van der Waals surface area contributed by atoms with Crippen molar-refractivity contribution in [2.75, 3.05) is 13.7 Å². The van der Waals surface area contributed by atoms with Crippen LogP contribution in [-0.4, -0.2) is 24.3 Å². The molecule has 7 nitrogen and oxygen atoms in total. The van der Waals surface area contributed by atoms with Crippen LogP contribution in [-0.2, 0) is 16.1 Å². The van der Waals surface area contributed by atoms with Crippen LogP contribution in [0.15, 0.2) is 86.2 Å². The second kappa shape index (κ2) is 13.3. The number of nitrogens with zero attached hydrogens (tertiary/aromatic N) is 2. The number of ether oxygens (including phenoxy) is 3. The Morgan fingerprint density at radius 1 is 1.16 bits per heavy atom. The summed E-state index contributed by atoms with van der Waals surface area (Å²) in [6, 6.07) is 17.2. The fourth-order valence-corrected chi connectivity index (χ4v) is 6.67. The van der Waals surface area contributed by atoms with Crippen molar-refractivity contribution in [3.63, 3.8) is 0 Å². The molecule has 0 spiro atoms. The molecule has 0 saturated heterocycles. The van der Waals surface area contributed by atoms with Crippen molar-refractivity contribution in [2.24, 2.45) is 4.99 Å². The molecule has 0 saturated carbocycles. The van der Waals surface area contributed by atoms with E-state index < -0.39 is 12.0 Å². The van der Waals surface area contributed by atoms with Gasteiger partial charge in [-0.3, -0.25) is 9.36 Å². The summed E-state index contributed by atoms with van der Waals surface area (Å²) in [6.45, 7) is 7.96. The van der Waals surface area contributed by atoms with Crippen LogP contribution in [0.1, 0.15) is 61.9 Å². The van der Waals surface area contributed by atoms with Crippen molar-refractivity contribution < 1.29 is 23.4 Å². The predicted octanol–water partition coefficient (Wildman–Crippen LogP) is 6.41. The summed E-state index contributed by atoms with van der Waals surface area (Å²) in [5.41, 5.74) is 3.60. The van der Waals surface area contributed by atoms with E-state index in [-0.39, 0.29) is 24.6 Å². The molecule has 0 bridgehead atoms. The first-order valence-corrected chi connectivity index (χ1v) is 15.8. The van der Waals surface area contributed by atoms with Crippen LogP contribution < -0.4 is 24.4 Å². The standard InChI is InChI=1S/C34H32BrFN2O5S/c1-6-42-33(40)29-20(4)37-34-38(30(29)23-13-11-22(12-14-23)19(2)3)32(39)28(44-34)17-21-15-25(35)31(27(16-21)41-5)43-18-24-9-7-8-10-26(24)36/h7-17,19,30H,6,18H2,1-5H3/b28-17+. The molecule has 3 aromatic carbocycles. The Bertz CT molecular complexity index is 1930.